The molecule has 1 aliphatic carbocycles. The molecule has 226 valence electrons. The lowest BCUT2D eigenvalue weighted by Gasteiger charge is -2.33. The predicted molar refractivity (Wildman–Crippen MR) is 151 cm³/mol. The number of aliphatic hydroxyl groups is 1. The molecule has 0 spiro atoms. The molecule has 5 rings (SSSR count). The van der Waals surface area contributed by atoms with E-state index in [0.29, 0.717) is 18.7 Å². The molecule has 13 heteroatoms. The number of aromatic amines is 1. The van der Waals surface area contributed by atoms with E-state index in [1.165, 1.54) is 32.1 Å². The summed E-state index contributed by atoms with van der Waals surface area (Å²) in [6.45, 7) is 6.47. The second kappa shape index (κ2) is 17.2. The van der Waals surface area contributed by atoms with Gasteiger partial charge in [0.25, 0.3) is 5.56 Å². The lowest BCUT2D eigenvalue weighted by Crippen LogP contribution is -2.46. The Morgan fingerprint density at radius 1 is 0.976 bits per heavy atom. The summed E-state index contributed by atoms with van der Waals surface area (Å²) >= 11 is 0. The Hall–Kier alpha value is -3.66. The van der Waals surface area contributed by atoms with Crippen LogP contribution in [-0.4, -0.2) is 78.0 Å². The van der Waals surface area contributed by atoms with Crippen molar-refractivity contribution in [2.24, 2.45) is 5.92 Å². The molecule has 0 bridgehead atoms. The van der Waals surface area contributed by atoms with Crippen LogP contribution in [0.1, 0.15) is 63.0 Å². The number of pyridine rings is 1. The highest BCUT2D eigenvalue weighted by atomic mass is 19.4. The molecule has 1 saturated carbocycles. The number of nitrogens with one attached hydrogen (secondary N) is 1. The van der Waals surface area contributed by atoms with Crippen LogP contribution in [0.3, 0.4) is 0 Å². The van der Waals surface area contributed by atoms with Gasteiger partial charge >= 0.3 is 6.18 Å². The third kappa shape index (κ3) is 10.7. The van der Waals surface area contributed by atoms with Crippen LogP contribution in [0.4, 0.5) is 24.7 Å². The van der Waals surface area contributed by atoms with E-state index < -0.39 is 17.3 Å². The quantitative estimate of drug-likeness (QED) is 0.525. The van der Waals surface area contributed by atoms with Gasteiger partial charge in [-0.2, -0.15) is 23.5 Å². The molecule has 2 saturated heterocycles. The average Bonchev–Trinajstić information content (AvgIpc) is 3.54. The molecule has 0 radical (unpaired) electrons. The van der Waals surface area contributed by atoms with Crippen molar-refractivity contribution in [3.63, 3.8) is 0 Å². The number of carbonyl (C=O) groups excluding carboxylic acids is 1. The molecular weight excluding hydrogens is 539 g/mol. The van der Waals surface area contributed by atoms with Crippen molar-refractivity contribution >= 4 is 17.9 Å². The Bertz CT molecular complexity index is 1130. The molecular formula is C28H40F3N7O3. The summed E-state index contributed by atoms with van der Waals surface area (Å²) in [5.74, 6) is 1.90. The van der Waals surface area contributed by atoms with Crippen LogP contribution in [0.2, 0.25) is 0 Å². The van der Waals surface area contributed by atoms with Crippen molar-refractivity contribution < 1.29 is 23.1 Å². The Morgan fingerprint density at radius 3 is 2.07 bits per heavy atom. The minimum absolute atomic E-state index is 0.117. The number of carbonyl (C=O) groups is 1. The van der Waals surface area contributed by atoms with E-state index in [2.05, 4.69) is 21.9 Å². The van der Waals surface area contributed by atoms with E-state index in [9.17, 15) is 22.8 Å². The largest absolute Gasteiger partial charge is 0.423 e. The Labute approximate surface area is 238 Å². The summed E-state index contributed by atoms with van der Waals surface area (Å²) in [7, 11) is 1.00. The van der Waals surface area contributed by atoms with Gasteiger partial charge in [-0.05, 0) is 30.9 Å². The van der Waals surface area contributed by atoms with Gasteiger partial charge in [0.2, 0.25) is 6.41 Å². The van der Waals surface area contributed by atoms with Crippen LogP contribution in [0.25, 0.3) is 0 Å². The minimum Gasteiger partial charge on any atom is -0.400 e. The lowest BCUT2D eigenvalue weighted by molar-refractivity contribution is -0.138. The smallest absolute Gasteiger partial charge is 0.400 e. The summed E-state index contributed by atoms with van der Waals surface area (Å²) < 4.78 is 38.1. The number of aromatic nitrogens is 3. The number of nitriles is 1. The molecule has 0 unspecified atom stereocenters. The SMILES string of the molecule is CC1CCCCC1.CO.N#Cc1ccc(N2CCN(C=O)CC2)nc1.O=c1[nH]ncc(N2CCCC2)c1C(F)(F)F. The van der Waals surface area contributed by atoms with Crippen molar-refractivity contribution in [2.45, 2.75) is 58.0 Å². The van der Waals surface area contributed by atoms with Gasteiger partial charge in [-0.15, -0.1) is 0 Å². The number of halogens is 3. The van der Waals surface area contributed by atoms with Crippen molar-refractivity contribution in [1.82, 2.24) is 20.1 Å². The van der Waals surface area contributed by atoms with Gasteiger partial charge < -0.3 is 19.8 Å². The second-order valence-electron chi connectivity index (χ2n) is 10.0. The van der Waals surface area contributed by atoms with Crippen molar-refractivity contribution in [1.29, 1.82) is 5.26 Å². The van der Waals surface area contributed by atoms with Gasteiger partial charge in [0.05, 0.1) is 17.4 Å². The predicted octanol–water partition coefficient (Wildman–Crippen LogP) is 3.82. The molecule has 2 N–H and O–H groups in total. The summed E-state index contributed by atoms with van der Waals surface area (Å²) in [6.07, 6.45) is 7.98. The number of alkyl halides is 3. The maximum atomic E-state index is 12.7. The molecule has 4 heterocycles. The molecule has 2 aromatic heterocycles. The molecule has 2 aromatic rings. The fourth-order valence-electron chi connectivity index (χ4n) is 4.86. The fraction of sp³-hybridized carbons (Fsp3) is 0.607. The minimum atomic E-state index is -4.64. The van der Waals surface area contributed by atoms with Gasteiger partial charge in [0.15, 0.2) is 0 Å². The van der Waals surface area contributed by atoms with Crippen molar-refractivity contribution in [2.75, 3.05) is 56.2 Å². The van der Waals surface area contributed by atoms with Crippen LogP contribution < -0.4 is 15.4 Å². The maximum absolute atomic E-state index is 12.7. The van der Waals surface area contributed by atoms with E-state index in [1.54, 1.807) is 22.1 Å². The molecule has 1 amide bonds. The topological polar surface area (TPSA) is 129 Å². The van der Waals surface area contributed by atoms with Gasteiger partial charge in [0.1, 0.15) is 17.5 Å². The van der Waals surface area contributed by atoms with Gasteiger partial charge in [-0.1, -0.05) is 39.0 Å². The van der Waals surface area contributed by atoms with E-state index in [0.717, 1.165) is 70.5 Å². The number of hydrogen-bond donors (Lipinski definition) is 2. The van der Waals surface area contributed by atoms with E-state index in [1.807, 2.05) is 17.2 Å². The third-order valence-corrected chi connectivity index (χ3v) is 7.12. The Morgan fingerprint density at radius 2 is 1.61 bits per heavy atom. The molecule has 41 heavy (non-hydrogen) atoms. The number of rotatable bonds is 3. The first-order valence-electron chi connectivity index (χ1n) is 13.9. The number of nitrogens with zero attached hydrogens (tertiary/aromatic N) is 6. The van der Waals surface area contributed by atoms with Gasteiger partial charge in [-0.25, -0.2) is 10.1 Å². The second-order valence-corrected chi connectivity index (χ2v) is 10.0. The van der Waals surface area contributed by atoms with E-state index in [4.69, 9.17) is 10.4 Å². The lowest BCUT2D eigenvalue weighted by atomic mass is 9.91. The van der Waals surface area contributed by atoms with Gasteiger partial charge in [0, 0.05) is 52.6 Å². The highest BCUT2D eigenvalue weighted by molar-refractivity contribution is 5.52. The summed E-state index contributed by atoms with van der Waals surface area (Å²) in [6, 6.07) is 5.64. The zero-order valence-corrected chi connectivity index (χ0v) is 23.7. The van der Waals surface area contributed by atoms with Crippen LogP contribution in [0.5, 0.6) is 0 Å². The Balaban J connectivity index is 0.000000223. The first kappa shape index (κ1) is 33.5. The van der Waals surface area contributed by atoms with Crippen LogP contribution >= 0.6 is 0 Å². The summed E-state index contributed by atoms with van der Waals surface area (Å²) in [4.78, 5) is 31.4. The number of H-pyrrole nitrogens is 1. The Kier molecular flexibility index (Phi) is 14.1. The first-order valence-corrected chi connectivity index (χ1v) is 13.9. The number of aliphatic hydroxyl groups excluding tert-OH is 1. The molecule has 0 aromatic carbocycles. The standard InChI is InChI=1S/C11H12N4O.C9H10F3N3O.C7H14.CH4O/c12-7-10-1-2-11(13-8-10)15-5-3-14(9-16)4-6-15;10-9(11,12)7-6(5-13-14-8(7)16)15-3-1-2-4-15;1-7-5-3-2-4-6-7;1-2/h1-2,8-9H,3-6H2;5H,1-4H2,(H,14,16);7H,2-6H2,1H3;2H,1H3. The fourth-order valence-corrected chi connectivity index (χ4v) is 4.86. The molecule has 0 atom stereocenters. The molecule has 10 nitrogen and oxygen atoms in total. The number of amides is 1. The van der Waals surface area contributed by atoms with E-state index >= 15 is 0 Å². The van der Waals surface area contributed by atoms with E-state index in [-0.39, 0.29) is 5.69 Å². The molecule has 3 aliphatic rings. The zero-order chi connectivity index (χ0) is 30.3. The monoisotopic (exact) mass is 579 g/mol. The van der Waals surface area contributed by atoms with Crippen LogP contribution in [0.15, 0.2) is 29.3 Å². The van der Waals surface area contributed by atoms with Crippen LogP contribution in [-0.2, 0) is 11.0 Å². The van der Waals surface area contributed by atoms with Gasteiger partial charge in [-0.3, -0.25) is 9.59 Å². The van der Waals surface area contributed by atoms with Crippen LogP contribution in [0, 0.1) is 17.2 Å². The first-order chi connectivity index (χ1) is 19.7. The zero-order valence-electron chi connectivity index (χ0n) is 23.7. The van der Waals surface area contributed by atoms with Crippen molar-refractivity contribution in [3.8, 4) is 6.07 Å². The van der Waals surface area contributed by atoms with Crippen molar-refractivity contribution in [3.05, 3.63) is 46.0 Å². The number of piperazine rings is 1. The highest BCUT2D eigenvalue weighted by Gasteiger charge is 2.39. The molecule has 2 aliphatic heterocycles. The third-order valence-electron chi connectivity index (χ3n) is 7.12. The normalized spacial score (nSPS) is 17.1. The molecule has 3 fully saturated rings. The number of anilines is 2. The summed E-state index contributed by atoms with van der Waals surface area (Å²) in [5, 5.41) is 20.9. The summed E-state index contributed by atoms with van der Waals surface area (Å²) in [5.41, 5.74) is -1.88. The maximum Gasteiger partial charge on any atom is 0.423 e. The highest BCUT2D eigenvalue weighted by Crippen LogP contribution is 2.34. The number of hydrogen-bond acceptors (Lipinski definition) is 8. The average molecular weight is 580 g/mol.